The number of ketones is 2. The molecule has 0 bridgehead atoms. The van der Waals surface area contributed by atoms with E-state index in [1.807, 2.05) is 0 Å². The van der Waals surface area contributed by atoms with Crippen LogP contribution in [0.2, 0.25) is 0 Å². The number of hydrogen-bond donors (Lipinski definition) is 1. The maximum Gasteiger partial charge on any atom is 0.303 e. The lowest BCUT2D eigenvalue weighted by Crippen LogP contribution is -2.29. The minimum atomic E-state index is -0.861. The quantitative estimate of drug-likeness (QED) is 0.427. The van der Waals surface area contributed by atoms with Gasteiger partial charge in [-0.1, -0.05) is 0 Å². The number of carboxylic acid groups (broad SMARTS) is 1. The van der Waals surface area contributed by atoms with Crippen molar-refractivity contribution in [3.63, 3.8) is 0 Å². The average Bonchev–Trinajstić information content (AvgIpc) is 2.21. The minimum absolute atomic E-state index is 0.0594. The second kappa shape index (κ2) is 6.15. The second-order valence-corrected chi connectivity index (χ2v) is 3.82. The van der Waals surface area contributed by atoms with E-state index in [1.165, 1.54) is 6.21 Å². The lowest BCUT2D eigenvalue weighted by molar-refractivity contribution is -0.137. The molecule has 0 unspecified atom stereocenters. The number of hydrogen-bond acceptors (Lipinski definition) is 4. The predicted molar refractivity (Wildman–Crippen MR) is 57.6 cm³/mol. The third-order valence-electron chi connectivity index (χ3n) is 2.47. The Morgan fingerprint density at radius 2 is 2.00 bits per heavy atom. The lowest BCUT2D eigenvalue weighted by atomic mass is 9.88. The Balaban J connectivity index is 2.34. The van der Waals surface area contributed by atoms with Gasteiger partial charge in [-0.25, -0.2) is 0 Å². The highest BCUT2D eigenvalue weighted by molar-refractivity contribution is 6.15. The van der Waals surface area contributed by atoms with Gasteiger partial charge in [-0.2, -0.15) is 0 Å². The molecule has 0 aromatic rings. The Morgan fingerprint density at radius 1 is 1.38 bits per heavy atom. The van der Waals surface area contributed by atoms with Crippen LogP contribution in [-0.2, 0) is 14.4 Å². The van der Waals surface area contributed by atoms with Gasteiger partial charge in [0.15, 0.2) is 0 Å². The summed E-state index contributed by atoms with van der Waals surface area (Å²) in [7, 11) is 0. The van der Waals surface area contributed by atoms with E-state index in [-0.39, 0.29) is 18.0 Å². The first kappa shape index (κ1) is 12.5. The fourth-order valence-electron chi connectivity index (χ4n) is 1.60. The molecule has 5 nitrogen and oxygen atoms in total. The molecule has 1 rings (SSSR count). The van der Waals surface area contributed by atoms with Crippen LogP contribution < -0.4 is 0 Å². The van der Waals surface area contributed by atoms with E-state index in [4.69, 9.17) is 5.11 Å². The number of rotatable bonds is 5. The zero-order chi connectivity index (χ0) is 12.0. The molecule has 1 aliphatic rings. The maximum absolute atomic E-state index is 11.4. The van der Waals surface area contributed by atoms with Crippen LogP contribution >= 0.6 is 0 Å². The number of carboxylic acids is 1. The fourth-order valence-corrected chi connectivity index (χ4v) is 1.60. The van der Waals surface area contributed by atoms with Crippen molar-refractivity contribution >= 4 is 23.8 Å². The average molecular weight is 225 g/mol. The van der Waals surface area contributed by atoms with E-state index in [0.29, 0.717) is 32.2 Å². The summed E-state index contributed by atoms with van der Waals surface area (Å²) in [6, 6.07) is 0. The third kappa shape index (κ3) is 3.92. The molecule has 5 heteroatoms. The summed E-state index contributed by atoms with van der Waals surface area (Å²) < 4.78 is 0. The van der Waals surface area contributed by atoms with Crippen LogP contribution in [0.5, 0.6) is 0 Å². The van der Waals surface area contributed by atoms with Gasteiger partial charge in [-0.15, -0.1) is 0 Å². The van der Waals surface area contributed by atoms with Crippen LogP contribution in [0.15, 0.2) is 4.99 Å². The summed E-state index contributed by atoms with van der Waals surface area (Å²) in [5.41, 5.74) is 0. The lowest BCUT2D eigenvalue weighted by Gasteiger charge is -2.14. The molecular weight excluding hydrogens is 210 g/mol. The van der Waals surface area contributed by atoms with E-state index in [1.54, 1.807) is 0 Å². The van der Waals surface area contributed by atoms with Gasteiger partial charge < -0.3 is 5.11 Å². The molecule has 0 heterocycles. The normalized spacial score (nSPS) is 18.2. The van der Waals surface area contributed by atoms with Gasteiger partial charge in [0.2, 0.25) is 0 Å². The highest BCUT2D eigenvalue weighted by Crippen LogP contribution is 2.15. The number of nitrogens with zero attached hydrogens (tertiary/aromatic N) is 1. The van der Waals surface area contributed by atoms with E-state index >= 15 is 0 Å². The zero-order valence-corrected chi connectivity index (χ0v) is 9.02. The Kier molecular flexibility index (Phi) is 4.82. The largest absolute Gasteiger partial charge is 0.481 e. The van der Waals surface area contributed by atoms with Crippen LogP contribution in [0, 0.1) is 5.92 Å². The number of carbonyl (C=O) groups is 3. The van der Waals surface area contributed by atoms with Crippen molar-refractivity contribution < 1.29 is 19.5 Å². The van der Waals surface area contributed by atoms with Crippen LogP contribution in [0.1, 0.15) is 32.1 Å². The molecule has 16 heavy (non-hydrogen) atoms. The first-order valence-electron chi connectivity index (χ1n) is 5.38. The van der Waals surface area contributed by atoms with Crippen molar-refractivity contribution in [2.75, 3.05) is 6.54 Å². The summed E-state index contributed by atoms with van der Waals surface area (Å²) in [5, 5.41) is 8.39. The molecular formula is C11H15NO4. The number of carbonyl (C=O) groups excluding carboxylic acids is 2. The van der Waals surface area contributed by atoms with E-state index < -0.39 is 11.9 Å². The molecule has 0 amide bonds. The van der Waals surface area contributed by atoms with Crippen LogP contribution in [0.4, 0.5) is 0 Å². The Morgan fingerprint density at radius 3 is 2.56 bits per heavy atom. The predicted octanol–water partition coefficient (Wildman–Crippen LogP) is 0.860. The smallest absolute Gasteiger partial charge is 0.303 e. The van der Waals surface area contributed by atoms with Gasteiger partial charge in [-0.3, -0.25) is 19.4 Å². The highest BCUT2D eigenvalue weighted by atomic mass is 16.4. The van der Waals surface area contributed by atoms with E-state index in [0.717, 1.165) is 0 Å². The molecule has 0 aromatic heterocycles. The fraction of sp³-hybridized carbons (Fsp3) is 0.636. The van der Waals surface area contributed by atoms with Gasteiger partial charge >= 0.3 is 5.97 Å². The molecule has 1 saturated carbocycles. The Bertz CT molecular complexity index is 306. The standard InChI is InChI=1S/C11H15NO4/c13-9-3-1-4-10(14)8(9)7-12-6-2-5-11(15)16/h7-8H,1-6H2,(H,15,16). The Hall–Kier alpha value is -1.52. The molecule has 0 saturated heterocycles. The first-order valence-corrected chi connectivity index (χ1v) is 5.38. The van der Waals surface area contributed by atoms with Crippen molar-refractivity contribution in [1.82, 2.24) is 0 Å². The van der Waals surface area contributed by atoms with Crippen molar-refractivity contribution in [2.24, 2.45) is 10.9 Å². The highest BCUT2D eigenvalue weighted by Gasteiger charge is 2.27. The van der Waals surface area contributed by atoms with Crippen LogP contribution in [0.3, 0.4) is 0 Å². The molecule has 88 valence electrons. The van der Waals surface area contributed by atoms with Crippen molar-refractivity contribution in [3.8, 4) is 0 Å². The molecule has 0 spiro atoms. The van der Waals surface area contributed by atoms with Crippen LogP contribution in [-0.4, -0.2) is 35.4 Å². The number of aliphatic carboxylic acids is 1. The number of Topliss-reactive ketones (excluding diaryl/α,β-unsaturated/α-hetero) is 2. The molecule has 1 fully saturated rings. The summed E-state index contributed by atoms with van der Waals surface area (Å²) in [6.07, 6.45) is 3.40. The molecule has 0 atom stereocenters. The van der Waals surface area contributed by atoms with Crippen molar-refractivity contribution in [2.45, 2.75) is 32.1 Å². The SMILES string of the molecule is O=C(O)CCCN=CC1C(=O)CCCC1=O. The van der Waals surface area contributed by atoms with Crippen molar-refractivity contribution in [1.29, 1.82) is 0 Å². The van der Waals surface area contributed by atoms with E-state index in [9.17, 15) is 14.4 Å². The molecule has 0 aromatic carbocycles. The van der Waals surface area contributed by atoms with Crippen molar-refractivity contribution in [3.05, 3.63) is 0 Å². The number of aliphatic imine (C=N–C) groups is 1. The monoisotopic (exact) mass is 225 g/mol. The summed E-state index contributed by atoms with van der Waals surface area (Å²) in [4.78, 5) is 36.9. The van der Waals surface area contributed by atoms with Gasteiger partial charge in [0.05, 0.1) is 0 Å². The topological polar surface area (TPSA) is 83.8 Å². The van der Waals surface area contributed by atoms with Gasteiger partial charge in [0, 0.05) is 32.0 Å². The second-order valence-electron chi connectivity index (χ2n) is 3.82. The maximum atomic E-state index is 11.4. The summed E-state index contributed by atoms with van der Waals surface area (Å²) in [6.45, 7) is 0.351. The molecule has 0 radical (unpaired) electrons. The summed E-state index contributed by atoms with van der Waals surface area (Å²) >= 11 is 0. The van der Waals surface area contributed by atoms with Gasteiger partial charge in [-0.05, 0) is 12.8 Å². The zero-order valence-electron chi connectivity index (χ0n) is 9.02. The third-order valence-corrected chi connectivity index (χ3v) is 2.47. The summed E-state index contributed by atoms with van der Waals surface area (Å²) in [5.74, 6) is -1.69. The Labute approximate surface area is 93.6 Å². The molecule has 0 aliphatic heterocycles. The van der Waals surface area contributed by atoms with E-state index in [2.05, 4.69) is 4.99 Å². The molecule has 1 aliphatic carbocycles. The first-order chi connectivity index (χ1) is 7.61. The van der Waals surface area contributed by atoms with Gasteiger partial charge in [0.1, 0.15) is 17.5 Å². The minimum Gasteiger partial charge on any atom is -0.481 e. The molecule has 1 N–H and O–H groups in total. The van der Waals surface area contributed by atoms with Crippen LogP contribution in [0.25, 0.3) is 0 Å². The van der Waals surface area contributed by atoms with Gasteiger partial charge in [0.25, 0.3) is 0 Å².